The smallest absolute Gasteiger partial charge is 0.383 e. The molecular weight excluding hydrogens is 293 g/mol. The standard InChI is InChI=1S/C15H17F3N4/c1-9-12(13(19)22-14(20)21-9)7-3-5-10-4-2-6-11(8-10)15(16,17)18/h2,4,6,8H,3,5,7H2,1H3,(H4,19,20,21,22). The zero-order valence-electron chi connectivity index (χ0n) is 12.1. The average Bonchev–Trinajstić information content (AvgIpc) is 2.41. The van der Waals surface area contributed by atoms with Crippen LogP contribution in [0.1, 0.15) is 28.8 Å². The van der Waals surface area contributed by atoms with Crippen LogP contribution < -0.4 is 11.5 Å². The van der Waals surface area contributed by atoms with Gasteiger partial charge in [0, 0.05) is 11.3 Å². The van der Waals surface area contributed by atoms with E-state index in [1.807, 2.05) is 0 Å². The Kier molecular flexibility index (Phi) is 4.54. The summed E-state index contributed by atoms with van der Waals surface area (Å²) in [6.07, 6.45) is -2.55. The minimum Gasteiger partial charge on any atom is -0.383 e. The number of nitrogen functional groups attached to an aromatic ring is 2. The molecule has 2 rings (SSSR count). The number of nitrogens with two attached hydrogens (primary N) is 2. The number of aromatic nitrogens is 2. The Balaban J connectivity index is 2.03. The lowest BCUT2D eigenvalue weighted by Crippen LogP contribution is -2.08. The molecule has 1 heterocycles. The molecule has 0 bridgehead atoms. The highest BCUT2D eigenvalue weighted by Gasteiger charge is 2.30. The highest BCUT2D eigenvalue weighted by Crippen LogP contribution is 2.29. The molecule has 0 aliphatic heterocycles. The van der Waals surface area contributed by atoms with Crippen LogP contribution in [0.4, 0.5) is 24.9 Å². The molecule has 0 atom stereocenters. The molecule has 2 aromatic rings. The molecule has 0 radical (unpaired) electrons. The Bertz CT molecular complexity index is 645. The minimum atomic E-state index is -4.32. The van der Waals surface area contributed by atoms with E-state index in [4.69, 9.17) is 11.5 Å². The number of halogens is 3. The van der Waals surface area contributed by atoms with Crippen molar-refractivity contribution in [3.8, 4) is 0 Å². The number of nitrogens with zero attached hydrogens (tertiary/aromatic N) is 2. The van der Waals surface area contributed by atoms with Gasteiger partial charge in [-0.1, -0.05) is 18.2 Å². The fourth-order valence-electron chi connectivity index (χ4n) is 2.32. The summed E-state index contributed by atoms with van der Waals surface area (Å²) in [6.45, 7) is 1.79. The fourth-order valence-corrected chi connectivity index (χ4v) is 2.32. The van der Waals surface area contributed by atoms with E-state index in [1.165, 1.54) is 12.1 Å². The van der Waals surface area contributed by atoms with Crippen LogP contribution in [0.5, 0.6) is 0 Å². The number of anilines is 2. The molecule has 7 heteroatoms. The maximum Gasteiger partial charge on any atom is 0.416 e. The molecule has 0 saturated carbocycles. The van der Waals surface area contributed by atoms with Gasteiger partial charge >= 0.3 is 6.18 Å². The van der Waals surface area contributed by atoms with Crippen molar-refractivity contribution in [3.63, 3.8) is 0 Å². The molecule has 0 saturated heterocycles. The molecule has 118 valence electrons. The van der Waals surface area contributed by atoms with E-state index < -0.39 is 11.7 Å². The maximum atomic E-state index is 12.7. The number of alkyl halides is 3. The summed E-state index contributed by atoms with van der Waals surface area (Å²) in [7, 11) is 0. The summed E-state index contributed by atoms with van der Waals surface area (Å²) in [5, 5.41) is 0. The van der Waals surface area contributed by atoms with E-state index in [1.54, 1.807) is 13.0 Å². The molecule has 0 unspecified atom stereocenters. The van der Waals surface area contributed by atoms with Crippen LogP contribution in [-0.4, -0.2) is 9.97 Å². The van der Waals surface area contributed by atoms with Crippen LogP contribution in [-0.2, 0) is 19.0 Å². The quantitative estimate of drug-likeness (QED) is 0.909. The third kappa shape index (κ3) is 3.87. The summed E-state index contributed by atoms with van der Waals surface area (Å²) in [4.78, 5) is 7.95. The first-order valence-electron chi connectivity index (χ1n) is 6.82. The Labute approximate surface area is 126 Å². The van der Waals surface area contributed by atoms with Crippen LogP contribution in [0.2, 0.25) is 0 Å². The molecule has 0 spiro atoms. The van der Waals surface area contributed by atoms with Gasteiger partial charge in [0.1, 0.15) is 5.82 Å². The van der Waals surface area contributed by atoms with Crippen molar-refractivity contribution in [2.75, 3.05) is 11.5 Å². The third-order valence-electron chi connectivity index (χ3n) is 3.41. The van der Waals surface area contributed by atoms with Crippen molar-refractivity contribution in [2.45, 2.75) is 32.4 Å². The highest BCUT2D eigenvalue weighted by atomic mass is 19.4. The van der Waals surface area contributed by atoms with E-state index in [0.717, 1.165) is 11.6 Å². The highest BCUT2D eigenvalue weighted by molar-refractivity contribution is 5.45. The Morgan fingerprint density at radius 1 is 1.09 bits per heavy atom. The summed E-state index contributed by atoms with van der Waals surface area (Å²) in [6, 6.07) is 5.35. The molecule has 1 aromatic carbocycles. The van der Waals surface area contributed by atoms with Crippen molar-refractivity contribution in [2.24, 2.45) is 0 Å². The van der Waals surface area contributed by atoms with Gasteiger partial charge < -0.3 is 11.5 Å². The Morgan fingerprint density at radius 2 is 1.82 bits per heavy atom. The predicted molar refractivity (Wildman–Crippen MR) is 79.1 cm³/mol. The van der Waals surface area contributed by atoms with Crippen LogP contribution >= 0.6 is 0 Å². The van der Waals surface area contributed by atoms with E-state index in [9.17, 15) is 13.2 Å². The normalized spacial score (nSPS) is 11.6. The Hall–Kier alpha value is -2.31. The van der Waals surface area contributed by atoms with Gasteiger partial charge in [0.15, 0.2) is 0 Å². The molecule has 4 nitrogen and oxygen atoms in total. The fraction of sp³-hybridized carbons (Fsp3) is 0.333. The molecular formula is C15H17F3N4. The maximum absolute atomic E-state index is 12.7. The summed E-state index contributed by atoms with van der Waals surface area (Å²) < 4.78 is 38.0. The van der Waals surface area contributed by atoms with Crippen molar-refractivity contribution in [1.82, 2.24) is 9.97 Å². The van der Waals surface area contributed by atoms with E-state index in [2.05, 4.69) is 9.97 Å². The second-order valence-corrected chi connectivity index (χ2v) is 5.08. The molecule has 22 heavy (non-hydrogen) atoms. The molecule has 0 aliphatic rings. The van der Waals surface area contributed by atoms with Crippen LogP contribution in [0.3, 0.4) is 0 Å². The number of hydrogen-bond acceptors (Lipinski definition) is 4. The summed E-state index contributed by atoms with van der Waals surface area (Å²) in [5.41, 5.74) is 12.8. The first-order chi connectivity index (χ1) is 10.3. The number of rotatable bonds is 4. The van der Waals surface area contributed by atoms with Crippen LogP contribution in [0, 0.1) is 6.92 Å². The monoisotopic (exact) mass is 310 g/mol. The Morgan fingerprint density at radius 3 is 2.45 bits per heavy atom. The van der Waals surface area contributed by atoms with Crippen molar-refractivity contribution < 1.29 is 13.2 Å². The van der Waals surface area contributed by atoms with E-state index >= 15 is 0 Å². The third-order valence-corrected chi connectivity index (χ3v) is 3.41. The van der Waals surface area contributed by atoms with Crippen LogP contribution in [0.15, 0.2) is 24.3 Å². The van der Waals surface area contributed by atoms with Gasteiger partial charge in [-0.3, -0.25) is 0 Å². The van der Waals surface area contributed by atoms with Crippen molar-refractivity contribution in [1.29, 1.82) is 0 Å². The van der Waals surface area contributed by atoms with Gasteiger partial charge in [-0.05, 0) is 37.8 Å². The molecule has 0 amide bonds. The summed E-state index contributed by atoms with van der Waals surface area (Å²) >= 11 is 0. The topological polar surface area (TPSA) is 77.8 Å². The second-order valence-electron chi connectivity index (χ2n) is 5.08. The lowest BCUT2D eigenvalue weighted by Gasteiger charge is -2.10. The average molecular weight is 310 g/mol. The lowest BCUT2D eigenvalue weighted by atomic mass is 10.0. The number of benzene rings is 1. The van der Waals surface area contributed by atoms with Crippen molar-refractivity contribution >= 4 is 11.8 Å². The van der Waals surface area contributed by atoms with Gasteiger partial charge in [0.05, 0.1) is 5.56 Å². The predicted octanol–water partition coefficient (Wildman–Crippen LogP) is 3.14. The van der Waals surface area contributed by atoms with E-state index in [-0.39, 0.29) is 5.95 Å². The molecule has 0 fully saturated rings. The van der Waals surface area contributed by atoms with Crippen LogP contribution in [0.25, 0.3) is 0 Å². The zero-order chi connectivity index (χ0) is 16.3. The van der Waals surface area contributed by atoms with Gasteiger partial charge in [-0.15, -0.1) is 0 Å². The number of aryl methyl sites for hydroxylation is 2. The first-order valence-corrected chi connectivity index (χ1v) is 6.82. The van der Waals surface area contributed by atoms with Gasteiger partial charge in [0.2, 0.25) is 5.95 Å². The summed E-state index contributed by atoms with van der Waals surface area (Å²) in [5.74, 6) is 0.450. The van der Waals surface area contributed by atoms with Gasteiger partial charge in [-0.2, -0.15) is 18.2 Å². The second kappa shape index (κ2) is 6.21. The zero-order valence-corrected chi connectivity index (χ0v) is 12.1. The SMILES string of the molecule is Cc1nc(N)nc(N)c1CCCc1cccc(C(F)(F)F)c1. The van der Waals surface area contributed by atoms with E-state index in [0.29, 0.717) is 36.3 Å². The molecule has 1 aromatic heterocycles. The first kappa shape index (κ1) is 16.1. The van der Waals surface area contributed by atoms with Crippen molar-refractivity contribution in [3.05, 3.63) is 46.6 Å². The number of hydrogen-bond donors (Lipinski definition) is 2. The van der Waals surface area contributed by atoms with Gasteiger partial charge in [-0.25, -0.2) is 4.98 Å². The van der Waals surface area contributed by atoms with Gasteiger partial charge in [0.25, 0.3) is 0 Å². The largest absolute Gasteiger partial charge is 0.416 e. The lowest BCUT2D eigenvalue weighted by molar-refractivity contribution is -0.137. The minimum absolute atomic E-state index is 0.122. The molecule has 4 N–H and O–H groups in total. The molecule has 0 aliphatic carbocycles.